The molecule has 0 aromatic carbocycles. The molecule has 0 unspecified atom stereocenters. The van der Waals surface area contributed by atoms with Crippen molar-refractivity contribution >= 4 is 0 Å². The van der Waals surface area contributed by atoms with Crippen LogP contribution < -0.4 is 0 Å². The predicted molar refractivity (Wildman–Crippen MR) is 59.5 cm³/mol. The fourth-order valence-electron chi connectivity index (χ4n) is 0.919. The first kappa shape index (κ1) is 9.53. The summed E-state index contributed by atoms with van der Waals surface area (Å²) in [6, 6.07) is 0. The first-order valence-electron chi connectivity index (χ1n) is 4.41. The molecule has 0 spiro atoms. The molecule has 0 bridgehead atoms. The Morgan fingerprint density at radius 2 is 1.08 bits per heavy atom. The molecule has 0 atom stereocenters. The molecule has 0 heteroatoms. The molecule has 0 saturated heterocycles. The zero-order chi connectivity index (χ0) is 9.36. The van der Waals surface area contributed by atoms with Crippen LogP contribution in [0.2, 0.25) is 0 Å². The van der Waals surface area contributed by atoms with Gasteiger partial charge < -0.3 is 0 Å². The van der Waals surface area contributed by atoms with Crippen LogP contribution in [0.4, 0.5) is 0 Å². The first-order chi connectivity index (χ1) is 6.39. The van der Waals surface area contributed by atoms with E-state index < -0.39 is 0 Å². The lowest BCUT2D eigenvalue weighted by molar-refractivity contribution is 1.52. The summed E-state index contributed by atoms with van der Waals surface area (Å²) < 4.78 is 0. The molecule has 66 valence electrons. The van der Waals surface area contributed by atoms with Crippen LogP contribution in [0.3, 0.4) is 0 Å². The summed E-state index contributed by atoms with van der Waals surface area (Å²) in [6.45, 7) is 2.08. The first-order valence-corrected chi connectivity index (χ1v) is 4.41. The SMILES string of the molecule is CC1=CC=CC=CC=CC=CC=C1. The van der Waals surface area contributed by atoms with Gasteiger partial charge in [-0.1, -0.05) is 72.4 Å². The number of rotatable bonds is 0. The van der Waals surface area contributed by atoms with Gasteiger partial charge in [-0.05, 0) is 6.92 Å². The number of allylic oxidation sites excluding steroid dienone is 12. The van der Waals surface area contributed by atoms with Gasteiger partial charge in [-0.15, -0.1) is 0 Å². The van der Waals surface area contributed by atoms with Gasteiger partial charge in [-0.25, -0.2) is 0 Å². The minimum absolute atomic E-state index is 1.25. The van der Waals surface area contributed by atoms with Crippen LogP contribution in [0.25, 0.3) is 0 Å². The molecule has 0 N–H and O–H groups in total. The minimum atomic E-state index is 1.25. The van der Waals surface area contributed by atoms with Gasteiger partial charge in [0.25, 0.3) is 0 Å². The summed E-state index contributed by atoms with van der Waals surface area (Å²) >= 11 is 0. The van der Waals surface area contributed by atoms with Gasteiger partial charge in [-0.2, -0.15) is 0 Å². The third-order valence-corrected chi connectivity index (χ3v) is 1.61. The van der Waals surface area contributed by atoms with E-state index in [1.807, 2.05) is 54.7 Å². The third-order valence-electron chi connectivity index (χ3n) is 1.61. The summed E-state index contributed by atoms with van der Waals surface area (Å²) in [4.78, 5) is 0. The van der Waals surface area contributed by atoms with Gasteiger partial charge in [0, 0.05) is 0 Å². The number of hydrogen-bond donors (Lipinski definition) is 0. The van der Waals surface area contributed by atoms with Crippen molar-refractivity contribution in [2.75, 3.05) is 0 Å². The van der Waals surface area contributed by atoms with Gasteiger partial charge in [-0.3, -0.25) is 0 Å². The minimum Gasteiger partial charge on any atom is -0.0623 e. The topological polar surface area (TPSA) is 0 Å². The molecule has 1 aliphatic carbocycles. The zero-order valence-electron chi connectivity index (χ0n) is 7.85. The molecule has 0 radical (unpaired) electrons. The molecule has 0 heterocycles. The molecular weight excluding hydrogens is 156 g/mol. The van der Waals surface area contributed by atoms with Crippen molar-refractivity contribution < 1.29 is 0 Å². The highest BCUT2D eigenvalue weighted by molar-refractivity contribution is 5.28. The molecule has 0 aromatic rings. The Morgan fingerprint density at radius 3 is 1.69 bits per heavy atom. The monoisotopic (exact) mass is 170 g/mol. The Kier molecular flexibility index (Phi) is 4.41. The third kappa shape index (κ3) is 4.81. The van der Waals surface area contributed by atoms with Crippen molar-refractivity contribution in [1.82, 2.24) is 0 Å². The van der Waals surface area contributed by atoms with Crippen molar-refractivity contribution in [2.45, 2.75) is 6.92 Å². The summed E-state index contributed by atoms with van der Waals surface area (Å²) in [5, 5.41) is 0. The Bertz CT molecular complexity index is 307. The quantitative estimate of drug-likeness (QED) is 0.519. The van der Waals surface area contributed by atoms with E-state index in [1.165, 1.54) is 5.57 Å². The predicted octanol–water partition coefficient (Wildman–Crippen LogP) is 3.73. The summed E-state index contributed by atoms with van der Waals surface area (Å²) in [7, 11) is 0. The molecule has 1 rings (SSSR count). The highest BCUT2D eigenvalue weighted by Crippen LogP contribution is 1.97. The second kappa shape index (κ2) is 6.01. The molecule has 0 aliphatic heterocycles. The Morgan fingerprint density at radius 1 is 0.615 bits per heavy atom. The molecule has 0 nitrogen and oxygen atoms in total. The Hall–Kier alpha value is -1.56. The van der Waals surface area contributed by atoms with Crippen molar-refractivity contribution in [3.8, 4) is 0 Å². The second-order valence-corrected chi connectivity index (χ2v) is 2.81. The van der Waals surface area contributed by atoms with E-state index in [2.05, 4.69) is 19.1 Å². The van der Waals surface area contributed by atoms with Crippen LogP contribution >= 0.6 is 0 Å². The van der Waals surface area contributed by atoms with Gasteiger partial charge in [0.2, 0.25) is 0 Å². The van der Waals surface area contributed by atoms with Gasteiger partial charge >= 0.3 is 0 Å². The lowest BCUT2D eigenvalue weighted by Gasteiger charge is -1.86. The second-order valence-electron chi connectivity index (χ2n) is 2.81. The fourth-order valence-corrected chi connectivity index (χ4v) is 0.919. The van der Waals surface area contributed by atoms with E-state index in [4.69, 9.17) is 0 Å². The van der Waals surface area contributed by atoms with Gasteiger partial charge in [0.05, 0.1) is 0 Å². The van der Waals surface area contributed by atoms with E-state index in [0.717, 1.165) is 0 Å². The molecule has 0 fully saturated rings. The Labute approximate surface area is 80.0 Å². The highest BCUT2D eigenvalue weighted by atomic mass is 13.8. The lowest BCUT2D eigenvalue weighted by Crippen LogP contribution is -1.65. The normalized spacial score (nSPS) is 16.5. The van der Waals surface area contributed by atoms with Crippen molar-refractivity contribution in [1.29, 1.82) is 0 Å². The van der Waals surface area contributed by atoms with E-state index in [9.17, 15) is 0 Å². The average molecular weight is 170 g/mol. The average Bonchev–Trinajstić information content (AvgIpc) is 2.11. The number of hydrogen-bond acceptors (Lipinski definition) is 0. The highest BCUT2D eigenvalue weighted by Gasteiger charge is 1.75. The van der Waals surface area contributed by atoms with E-state index >= 15 is 0 Å². The maximum absolute atomic E-state index is 2.08. The van der Waals surface area contributed by atoms with E-state index in [-0.39, 0.29) is 0 Å². The van der Waals surface area contributed by atoms with Crippen LogP contribution in [0.5, 0.6) is 0 Å². The van der Waals surface area contributed by atoms with Crippen molar-refractivity contribution in [2.24, 2.45) is 0 Å². The lowest BCUT2D eigenvalue weighted by atomic mass is 10.2. The molecule has 1 aliphatic rings. The summed E-state index contributed by atoms with van der Waals surface area (Å²) in [5.74, 6) is 0. The largest absolute Gasteiger partial charge is 0.0623 e. The van der Waals surface area contributed by atoms with Gasteiger partial charge in [0.1, 0.15) is 0 Å². The van der Waals surface area contributed by atoms with Crippen LogP contribution in [0, 0.1) is 0 Å². The standard InChI is InChI=1S/C13H14/c1-13-11-9-7-5-3-2-4-6-8-10-12-13/h2-12H,1H3. The maximum Gasteiger partial charge on any atom is -0.0398 e. The van der Waals surface area contributed by atoms with Crippen LogP contribution in [-0.4, -0.2) is 0 Å². The molecule has 0 aromatic heterocycles. The van der Waals surface area contributed by atoms with Crippen molar-refractivity contribution in [3.63, 3.8) is 0 Å². The van der Waals surface area contributed by atoms with Crippen LogP contribution in [0.1, 0.15) is 6.92 Å². The zero-order valence-corrected chi connectivity index (χ0v) is 7.85. The van der Waals surface area contributed by atoms with E-state index in [0.29, 0.717) is 0 Å². The van der Waals surface area contributed by atoms with Crippen molar-refractivity contribution in [3.05, 3.63) is 72.4 Å². The molecule has 0 saturated carbocycles. The van der Waals surface area contributed by atoms with Gasteiger partial charge in [0.15, 0.2) is 0 Å². The van der Waals surface area contributed by atoms with E-state index in [1.54, 1.807) is 0 Å². The Balaban J connectivity index is 2.78. The summed E-state index contributed by atoms with van der Waals surface area (Å²) in [6.07, 6.45) is 22.3. The summed E-state index contributed by atoms with van der Waals surface area (Å²) in [5.41, 5.74) is 1.25. The smallest absolute Gasteiger partial charge is 0.0398 e. The maximum atomic E-state index is 2.08. The fraction of sp³-hybridized carbons (Fsp3) is 0.0769. The molecule has 13 heavy (non-hydrogen) atoms. The van der Waals surface area contributed by atoms with Crippen LogP contribution in [0.15, 0.2) is 72.4 Å². The van der Waals surface area contributed by atoms with Crippen LogP contribution in [-0.2, 0) is 0 Å². The molecule has 0 amide bonds. The molecular formula is C13H14.